The first-order valence-corrected chi connectivity index (χ1v) is 8.34. The van der Waals surface area contributed by atoms with Crippen LogP contribution in [0.2, 0.25) is 0 Å². The van der Waals surface area contributed by atoms with Crippen LogP contribution in [0.1, 0.15) is 36.9 Å². The molecular weight excluding hydrogens is 292 g/mol. The summed E-state index contributed by atoms with van der Waals surface area (Å²) in [6.07, 6.45) is 2.18. The van der Waals surface area contributed by atoms with Crippen molar-refractivity contribution in [1.82, 2.24) is 10.2 Å². The number of hydrogen-bond donors (Lipinski definition) is 1. The third kappa shape index (κ3) is 3.72. The second kappa shape index (κ2) is 7.13. The van der Waals surface area contributed by atoms with Crippen molar-refractivity contribution in [2.75, 3.05) is 26.3 Å². The van der Waals surface area contributed by atoms with Crippen LogP contribution in [-0.2, 0) is 20.7 Å². The number of carbonyl (C=O) groups excluding carboxylic acids is 2. The summed E-state index contributed by atoms with van der Waals surface area (Å²) in [4.78, 5) is 26.1. The summed E-state index contributed by atoms with van der Waals surface area (Å²) < 4.78 is 5.33. The molecule has 1 N–H and O–H groups in total. The van der Waals surface area contributed by atoms with Crippen LogP contribution in [0.5, 0.6) is 0 Å². The molecule has 5 heteroatoms. The van der Waals surface area contributed by atoms with E-state index in [-0.39, 0.29) is 17.9 Å². The van der Waals surface area contributed by atoms with Gasteiger partial charge in [0, 0.05) is 32.5 Å². The Morgan fingerprint density at radius 3 is 2.91 bits per heavy atom. The molecule has 1 fully saturated rings. The number of ether oxygens (including phenoxy) is 1. The van der Waals surface area contributed by atoms with Crippen molar-refractivity contribution >= 4 is 11.8 Å². The Balaban J connectivity index is 1.67. The molecular formula is C18H24N2O3. The number of rotatable bonds is 4. The number of nitrogens with one attached hydrogen (secondary N) is 1. The first-order valence-electron chi connectivity index (χ1n) is 8.34. The van der Waals surface area contributed by atoms with Crippen molar-refractivity contribution in [3.05, 3.63) is 35.4 Å². The van der Waals surface area contributed by atoms with Crippen molar-refractivity contribution in [1.29, 1.82) is 0 Å². The Morgan fingerprint density at radius 1 is 1.35 bits per heavy atom. The van der Waals surface area contributed by atoms with Gasteiger partial charge >= 0.3 is 0 Å². The number of hydrogen-bond acceptors (Lipinski definition) is 3. The SMILES string of the molecule is CC(=O)N1CCc2ccccc2[C@H]1CC(=O)NC[C@@H]1CCOC1. The smallest absolute Gasteiger partial charge is 0.222 e. The van der Waals surface area contributed by atoms with E-state index in [1.54, 1.807) is 6.92 Å². The lowest BCUT2D eigenvalue weighted by molar-refractivity contribution is -0.133. The van der Waals surface area contributed by atoms with Gasteiger partial charge in [-0.05, 0) is 24.0 Å². The standard InChI is InChI=1S/C18H24N2O3/c1-13(21)20-8-6-15-4-2-3-5-16(15)17(20)10-18(22)19-11-14-7-9-23-12-14/h2-5,14,17H,6-12H2,1H3,(H,19,22)/t14-,17+/m0/s1. The zero-order valence-corrected chi connectivity index (χ0v) is 13.6. The van der Waals surface area contributed by atoms with Crippen LogP contribution in [-0.4, -0.2) is 43.0 Å². The molecule has 0 saturated carbocycles. The molecule has 2 aliphatic heterocycles. The quantitative estimate of drug-likeness (QED) is 0.919. The Bertz CT molecular complexity index is 581. The number of nitrogens with zero attached hydrogens (tertiary/aromatic N) is 1. The summed E-state index contributed by atoms with van der Waals surface area (Å²) in [5, 5.41) is 3.01. The summed E-state index contributed by atoms with van der Waals surface area (Å²) in [6.45, 7) is 4.43. The second-order valence-corrected chi connectivity index (χ2v) is 6.41. The van der Waals surface area contributed by atoms with E-state index in [0.29, 0.717) is 25.4 Å². The van der Waals surface area contributed by atoms with E-state index in [1.165, 1.54) is 5.56 Å². The lowest BCUT2D eigenvalue weighted by Crippen LogP contribution is -2.41. The third-order valence-electron chi connectivity index (χ3n) is 4.81. The molecule has 0 aromatic heterocycles. The Kier molecular flexibility index (Phi) is 4.96. The van der Waals surface area contributed by atoms with Gasteiger partial charge in [0.1, 0.15) is 0 Å². The summed E-state index contributed by atoms with van der Waals surface area (Å²) >= 11 is 0. The second-order valence-electron chi connectivity index (χ2n) is 6.41. The predicted octanol–water partition coefficient (Wildman–Crippen LogP) is 1.68. The van der Waals surface area contributed by atoms with Crippen molar-refractivity contribution < 1.29 is 14.3 Å². The van der Waals surface area contributed by atoms with Crippen LogP contribution in [0.25, 0.3) is 0 Å². The molecule has 2 heterocycles. The van der Waals surface area contributed by atoms with Crippen molar-refractivity contribution in [2.45, 2.75) is 32.2 Å². The summed E-state index contributed by atoms with van der Waals surface area (Å²) in [6, 6.07) is 7.96. The molecule has 0 bridgehead atoms. The molecule has 0 spiro atoms. The summed E-state index contributed by atoms with van der Waals surface area (Å²) in [5.74, 6) is 0.452. The molecule has 23 heavy (non-hydrogen) atoms. The highest BCUT2D eigenvalue weighted by atomic mass is 16.5. The molecule has 5 nitrogen and oxygen atoms in total. The van der Waals surface area contributed by atoms with Gasteiger partial charge in [0.2, 0.25) is 11.8 Å². The number of amides is 2. The highest BCUT2D eigenvalue weighted by molar-refractivity contribution is 5.79. The molecule has 3 rings (SSSR count). The molecule has 1 saturated heterocycles. The highest BCUT2D eigenvalue weighted by Gasteiger charge is 2.30. The Labute approximate surface area is 137 Å². The van der Waals surface area contributed by atoms with Crippen LogP contribution >= 0.6 is 0 Å². The average Bonchev–Trinajstić information content (AvgIpc) is 3.06. The lowest BCUT2D eigenvalue weighted by atomic mass is 9.90. The van der Waals surface area contributed by atoms with Gasteiger partial charge in [-0.3, -0.25) is 9.59 Å². The molecule has 0 radical (unpaired) electrons. The highest BCUT2D eigenvalue weighted by Crippen LogP contribution is 2.32. The molecule has 2 atom stereocenters. The van der Waals surface area contributed by atoms with E-state index < -0.39 is 0 Å². The van der Waals surface area contributed by atoms with E-state index in [0.717, 1.165) is 31.6 Å². The van der Waals surface area contributed by atoms with E-state index in [4.69, 9.17) is 4.74 Å². The number of fused-ring (bicyclic) bond motifs is 1. The molecule has 1 aromatic carbocycles. The van der Waals surface area contributed by atoms with E-state index in [2.05, 4.69) is 11.4 Å². The van der Waals surface area contributed by atoms with Crippen LogP contribution in [0, 0.1) is 5.92 Å². The van der Waals surface area contributed by atoms with Crippen molar-refractivity contribution in [3.8, 4) is 0 Å². The summed E-state index contributed by atoms with van der Waals surface area (Å²) in [7, 11) is 0. The van der Waals surface area contributed by atoms with Gasteiger partial charge in [0.15, 0.2) is 0 Å². The largest absolute Gasteiger partial charge is 0.381 e. The van der Waals surface area contributed by atoms with Crippen LogP contribution in [0.4, 0.5) is 0 Å². The van der Waals surface area contributed by atoms with Crippen LogP contribution in [0.15, 0.2) is 24.3 Å². The van der Waals surface area contributed by atoms with Crippen molar-refractivity contribution in [2.24, 2.45) is 5.92 Å². The van der Waals surface area contributed by atoms with Crippen LogP contribution < -0.4 is 5.32 Å². The topological polar surface area (TPSA) is 58.6 Å². The number of benzene rings is 1. The fourth-order valence-corrected chi connectivity index (χ4v) is 3.50. The first kappa shape index (κ1) is 16.0. The minimum atomic E-state index is -0.155. The maximum Gasteiger partial charge on any atom is 0.222 e. The molecule has 1 aromatic rings. The third-order valence-corrected chi connectivity index (χ3v) is 4.81. The normalized spacial score (nSPS) is 23.4. The minimum Gasteiger partial charge on any atom is -0.381 e. The van der Waals surface area contributed by atoms with E-state index in [1.807, 2.05) is 23.1 Å². The van der Waals surface area contributed by atoms with Gasteiger partial charge in [-0.1, -0.05) is 24.3 Å². The van der Waals surface area contributed by atoms with Gasteiger partial charge < -0.3 is 15.0 Å². The fourth-order valence-electron chi connectivity index (χ4n) is 3.50. The van der Waals surface area contributed by atoms with Crippen molar-refractivity contribution in [3.63, 3.8) is 0 Å². The zero-order valence-electron chi connectivity index (χ0n) is 13.6. The average molecular weight is 316 g/mol. The maximum absolute atomic E-state index is 12.4. The minimum absolute atomic E-state index is 0.00449. The maximum atomic E-state index is 12.4. The number of carbonyl (C=O) groups is 2. The monoisotopic (exact) mass is 316 g/mol. The predicted molar refractivity (Wildman–Crippen MR) is 86.8 cm³/mol. The van der Waals surface area contributed by atoms with E-state index >= 15 is 0 Å². The molecule has 2 amide bonds. The first-order chi connectivity index (χ1) is 11.1. The molecule has 0 aliphatic carbocycles. The van der Waals surface area contributed by atoms with E-state index in [9.17, 15) is 9.59 Å². The lowest BCUT2D eigenvalue weighted by Gasteiger charge is -2.36. The zero-order chi connectivity index (χ0) is 16.2. The van der Waals surface area contributed by atoms with Crippen LogP contribution in [0.3, 0.4) is 0 Å². The Hall–Kier alpha value is -1.88. The fraction of sp³-hybridized carbons (Fsp3) is 0.556. The van der Waals surface area contributed by atoms with Gasteiger partial charge in [-0.25, -0.2) is 0 Å². The Morgan fingerprint density at radius 2 is 2.17 bits per heavy atom. The van der Waals surface area contributed by atoms with Gasteiger partial charge in [0.25, 0.3) is 0 Å². The molecule has 124 valence electrons. The molecule has 2 aliphatic rings. The van der Waals surface area contributed by atoms with Gasteiger partial charge in [-0.15, -0.1) is 0 Å². The summed E-state index contributed by atoms with van der Waals surface area (Å²) in [5.41, 5.74) is 2.35. The van der Waals surface area contributed by atoms with Gasteiger partial charge in [0.05, 0.1) is 19.1 Å². The van der Waals surface area contributed by atoms with Gasteiger partial charge in [-0.2, -0.15) is 0 Å². The molecule has 0 unspecified atom stereocenters.